The van der Waals surface area contributed by atoms with Crippen molar-refractivity contribution in [1.82, 2.24) is 4.57 Å². The predicted molar refractivity (Wildman–Crippen MR) is 106 cm³/mol. The van der Waals surface area contributed by atoms with Crippen molar-refractivity contribution in [3.05, 3.63) is 76.6 Å². The first kappa shape index (κ1) is 18.7. The van der Waals surface area contributed by atoms with Crippen molar-refractivity contribution in [3.8, 4) is 17.6 Å². The molecule has 27 heavy (non-hydrogen) atoms. The van der Waals surface area contributed by atoms with Crippen LogP contribution in [0.3, 0.4) is 0 Å². The molecule has 0 spiro atoms. The molecule has 2 N–H and O–H groups in total. The Morgan fingerprint density at radius 2 is 1.85 bits per heavy atom. The minimum absolute atomic E-state index is 0.414. The Morgan fingerprint density at radius 3 is 2.52 bits per heavy atom. The summed E-state index contributed by atoms with van der Waals surface area (Å²) < 4.78 is 12.8. The fraction of sp³-hybridized carbons (Fsp3) is 0.190. The van der Waals surface area contributed by atoms with Gasteiger partial charge in [0.15, 0.2) is 0 Å². The smallest absolute Gasteiger partial charge is 0.122 e. The molecule has 0 aliphatic carbocycles. The third kappa shape index (κ3) is 4.55. The number of nitrogens with zero attached hydrogens (tertiary/aromatic N) is 2. The highest BCUT2D eigenvalue weighted by molar-refractivity contribution is 6.30. The lowest BCUT2D eigenvalue weighted by molar-refractivity contribution is 0.296. The van der Waals surface area contributed by atoms with Crippen LogP contribution in [0.15, 0.2) is 54.6 Å². The molecule has 0 atom stereocenters. The van der Waals surface area contributed by atoms with Crippen molar-refractivity contribution in [1.29, 1.82) is 5.26 Å². The molecule has 1 heterocycles. The summed E-state index contributed by atoms with van der Waals surface area (Å²) in [5, 5.41) is 10.1. The van der Waals surface area contributed by atoms with Crippen LogP contribution < -0.4 is 15.2 Å². The number of nitriles is 1. The van der Waals surface area contributed by atoms with Gasteiger partial charge in [-0.25, -0.2) is 0 Å². The molecule has 2 aromatic carbocycles. The minimum Gasteiger partial charge on any atom is -0.497 e. The lowest BCUT2D eigenvalue weighted by Gasteiger charge is -2.13. The van der Waals surface area contributed by atoms with Crippen molar-refractivity contribution in [2.75, 3.05) is 19.5 Å². The average Bonchev–Trinajstić information content (AvgIpc) is 2.97. The molecule has 0 aliphatic heterocycles. The molecule has 0 saturated carbocycles. The van der Waals surface area contributed by atoms with E-state index in [9.17, 15) is 5.26 Å². The van der Waals surface area contributed by atoms with Crippen LogP contribution in [0.25, 0.3) is 0 Å². The molecule has 5 nitrogen and oxygen atoms in total. The van der Waals surface area contributed by atoms with Crippen molar-refractivity contribution in [2.24, 2.45) is 0 Å². The standard InChI is InChI=1S/C21H20ClN3O2/c1-26-18-5-7-19(8-6-18)27-10-9-25-17(14-23)13-20(24)21(25)12-15-3-2-4-16(22)11-15/h2-8,11,13H,9-10,12,24H2,1H3. The summed E-state index contributed by atoms with van der Waals surface area (Å²) in [6, 6.07) is 18.9. The number of ether oxygens (including phenoxy) is 2. The predicted octanol–water partition coefficient (Wildman–Crippen LogP) is 4.27. The SMILES string of the molecule is COc1ccc(OCCn2c(C#N)cc(N)c2Cc2cccc(Cl)c2)cc1. The van der Waals surface area contributed by atoms with Gasteiger partial charge < -0.3 is 19.8 Å². The summed E-state index contributed by atoms with van der Waals surface area (Å²) in [4.78, 5) is 0. The number of aromatic nitrogens is 1. The fourth-order valence-electron chi connectivity index (χ4n) is 2.92. The molecule has 0 fully saturated rings. The zero-order valence-electron chi connectivity index (χ0n) is 15.0. The van der Waals surface area contributed by atoms with Crippen LogP contribution in [-0.2, 0) is 13.0 Å². The fourth-order valence-corrected chi connectivity index (χ4v) is 3.14. The highest BCUT2D eigenvalue weighted by atomic mass is 35.5. The molecule has 0 amide bonds. The lowest BCUT2D eigenvalue weighted by atomic mass is 10.1. The van der Waals surface area contributed by atoms with Gasteiger partial charge in [-0.05, 0) is 48.0 Å². The molecule has 6 heteroatoms. The van der Waals surface area contributed by atoms with E-state index in [1.165, 1.54) is 0 Å². The third-order valence-corrected chi connectivity index (χ3v) is 4.50. The summed E-state index contributed by atoms with van der Waals surface area (Å²) in [5.41, 5.74) is 9.19. The summed E-state index contributed by atoms with van der Waals surface area (Å²) in [5.74, 6) is 1.52. The van der Waals surface area contributed by atoms with Crippen molar-refractivity contribution < 1.29 is 9.47 Å². The van der Waals surface area contributed by atoms with Gasteiger partial charge in [0, 0.05) is 17.1 Å². The Bertz CT molecular complexity index is 959. The van der Waals surface area contributed by atoms with Gasteiger partial charge in [-0.2, -0.15) is 5.26 Å². The van der Waals surface area contributed by atoms with Gasteiger partial charge >= 0.3 is 0 Å². The van der Waals surface area contributed by atoms with Gasteiger partial charge in [-0.15, -0.1) is 0 Å². The lowest BCUT2D eigenvalue weighted by Crippen LogP contribution is -2.13. The Morgan fingerprint density at radius 1 is 1.11 bits per heavy atom. The first-order chi connectivity index (χ1) is 13.1. The maximum absolute atomic E-state index is 9.44. The number of methoxy groups -OCH3 is 1. The van der Waals surface area contributed by atoms with Crippen molar-refractivity contribution in [2.45, 2.75) is 13.0 Å². The summed E-state index contributed by atoms with van der Waals surface area (Å²) in [6.07, 6.45) is 0.594. The van der Waals surface area contributed by atoms with Gasteiger partial charge in [0.25, 0.3) is 0 Å². The maximum Gasteiger partial charge on any atom is 0.122 e. The first-order valence-corrected chi connectivity index (χ1v) is 8.88. The van der Waals surface area contributed by atoms with E-state index >= 15 is 0 Å². The Hall–Kier alpha value is -3.10. The maximum atomic E-state index is 9.44. The average molecular weight is 382 g/mol. The van der Waals surface area contributed by atoms with Crippen LogP contribution in [-0.4, -0.2) is 18.3 Å². The largest absolute Gasteiger partial charge is 0.497 e. The van der Waals surface area contributed by atoms with Gasteiger partial charge in [0.05, 0.1) is 19.3 Å². The van der Waals surface area contributed by atoms with E-state index < -0.39 is 0 Å². The number of hydrogen-bond acceptors (Lipinski definition) is 4. The molecule has 0 bridgehead atoms. The molecule has 0 aliphatic rings. The summed E-state index contributed by atoms with van der Waals surface area (Å²) in [6.45, 7) is 0.930. The Kier molecular flexibility index (Phi) is 5.90. The van der Waals surface area contributed by atoms with E-state index in [0.717, 1.165) is 22.8 Å². The van der Waals surface area contributed by atoms with Crippen LogP contribution in [0.5, 0.6) is 11.5 Å². The van der Waals surface area contributed by atoms with Crippen molar-refractivity contribution in [3.63, 3.8) is 0 Å². The quantitative estimate of drug-likeness (QED) is 0.663. The van der Waals surface area contributed by atoms with Gasteiger partial charge in [-0.3, -0.25) is 0 Å². The molecular formula is C21H20ClN3O2. The van der Waals surface area contributed by atoms with E-state index in [0.29, 0.717) is 36.0 Å². The number of nitrogens with two attached hydrogens (primary N) is 1. The number of nitrogen functional groups attached to an aromatic ring is 1. The number of benzene rings is 2. The van der Waals surface area contributed by atoms with Gasteiger partial charge in [-0.1, -0.05) is 23.7 Å². The Balaban J connectivity index is 1.74. The van der Waals surface area contributed by atoms with Crippen LogP contribution in [0, 0.1) is 11.3 Å². The highest BCUT2D eigenvalue weighted by Crippen LogP contribution is 2.23. The summed E-state index contributed by atoms with van der Waals surface area (Å²) >= 11 is 6.08. The van der Waals surface area contributed by atoms with Crippen LogP contribution in [0.4, 0.5) is 5.69 Å². The molecule has 138 valence electrons. The highest BCUT2D eigenvalue weighted by Gasteiger charge is 2.14. The molecule has 0 radical (unpaired) electrons. The number of halogens is 1. The van der Waals surface area contributed by atoms with Crippen molar-refractivity contribution >= 4 is 17.3 Å². The van der Waals surface area contributed by atoms with E-state index in [1.807, 2.05) is 53.1 Å². The molecular weight excluding hydrogens is 362 g/mol. The third-order valence-electron chi connectivity index (χ3n) is 4.26. The second kappa shape index (κ2) is 8.52. The molecule has 3 rings (SSSR count). The Labute approximate surface area is 163 Å². The topological polar surface area (TPSA) is 73.2 Å². The zero-order valence-corrected chi connectivity index (χ0v) is 15.7. The van der Waals surface area contributed by atoms with Crippen LogP contribution >= 0.6 is 11.6 Å². The summed E-state index contributed by atoms with van der Waals surface area (Å²) in [7, 11) is 1.62. The van der Waals surface area contributed by atoms with E-state index in [-0.39, 0.29) is 0 Å². The zero-order chi connectivity index (χ0) is 19.2. The molecule has 3 aromatic rings. The van der Waals surface area contributed by atoms with E-state index in [2.05, 4.69) is 6.07 Å². The molecule has 1 aromatic heterocycles. The second-order valence-corrected chi connectivity index (χ2v) is 6.46. The second-order valence-electron chi connectivity index (χ2n) is 6.03. The number of hydrogen-bond donors (Lipinski definition) is 1. The van der Waals surface area contributed by atoms with Crippen LogP contribution in [0.1, 0.15) is 17.0 Å². The number of rotatable bonds is 7. The normalized spacial score (nSPS) is 10.4. The molecule has 0 unspecified atom stereocenters. The van der Waals surface area contributed by atoms with E-state index in [4.69, 9.17) is 26.8 Å². The van der Waals surface area contributed by atoms with Gasteiger partial charge in [0.2, 0.25) is 0 Å². The van der Waals surface area contributed by atoms with Crippen LogP contribution in [0.2, 0.25) is 5.02 Å². The molecule has 0 saturated heterocycles. The van der Waals surface area contributed by atoms with E-state index in [1.54, 1.807) is 13.2 Å². The minimum atomic E-state index is 0.414. The number of anilines is 1. The monoisotopic (exact) mass is 381 g/mol. The first-order valence-electron chi connectivity index (χ1n) is 8.50. The van der Waals surface area contributed by atoms with Gasteiger partial charge in [0.1, 0.15) is 29.9 Å².